The topological polar surface area (TPSA) is 180 Å². The molecule has 0 spiro atoms. The Balaban J connectivity index is 1.44. The van der Waals surface area contributed by atoms with Gasteiger partial charge in [-0.2, -0.15) is 8.42 Å². The minimum absolute atomic E-state index is 0.00950. The summed E-state index contributed by atoms with van der Waals surface area (Å²) >= 11 is 0. The minimum Gasteiger partial charge on any atom is -0.497 e. The number of aromatic nitrogens is 1. The predicted molar refractivity (Wildman–Crippen MR) is 196 cm³/mol. The van der Waals surface area contributed by atoms with E-state index in [9.17, 15) is 27.6 Å². The van der Waals surface area contributed by atoms with E-state index in [1.54, 1.807) is 47.1 Å². The zero-order valence-corrected chi connectivity index (χ0v) is 33.1. The molecule has 0 radical (unpaired) electrons. The van der Waals surface area contributed by atoms with Crippen molar-refractivity contribution in [3.05, 3.63) is 30.5 Å². The number of esters is 1. The average Bonchev–Trinajstić information content (AvgIpc) is 3.89. The summed E-state index contributed by atoms with van der Waals surface area (Å²) in [7, 11) is -2.88. The maximum Gasteiger partial charge on any atom is 0.362 e. The van der Waals surface area contributed by atoms with Gasteiger partial charge in [0.1, 0.15) is 29.0 Å². The molecule has 292 valence electrons. The zero-order chi connectivity index (χ0) is 39.1. The van der Waals surface area contributed by atoms with Crippen LogP contribution in [0.15, 0.2) is 30.5 Å². The predicted octanol–water partition coefficient (Wildman–Crippen LogP) is 4.59. The molecule has 5 atom stereocenters. The lowest BCUT2D eigenvalue weighted by molar-refractivity contribution is -0.161. The third-order valence-electron chi connectivity index (χ3n) is 10.2. The highest BCUT2D eigenvalue weighted by Gasteiger charge is 2.62. The quantitative estimate of drug-likeness (QED) is 0.258. The third kappa shape index (κ3) is 9.58. The number of likely N-dealkylation sites (tertiary alicyclic amines) is 1. The number of carbonyl (C=O) groups excluding carboxylic acids is 4. The van der Waals surface area contributed by atoms with Gasteiger partial charge in [-0.1, -0.05) is 34.1 Å². The molecule has 2 heterocycles. The minimum atomic E-state index is -4.45. The molecule has 0 bridgehead atoms. The molecule has 3 fully saturated rings. The van der Waals surface area contributed by atoms with Crippen LogP contribution in [-0.4, -0.2) is 84.5 Å². The maximum absolute atomic E-state index is 14.6. The number of pyridine rings is 1. The first kappa shape index (κ1) is 40.2. The van der Waals surface area contributed by atoms with Gasteiger partial charge in [0.15, 0.2) is 0 Å². The smallest absolute Gasteiger partial charge is 0.362 e. The van der Waals surface area contributed by atoms with Gasteiger partial charge >= 0.3 is 16.3 Å². The molecule has 14 nitrogen and oxygen atoms in total. The maximum atomic E-state index is 14.6. The number of fused-ring (bicyclic) bond motifs is 1. The molecular weight excluding hydrogens is 705 g/mol. The van der Waals surface area contributed by atoms with Gasteiger partial charge in [-0.15, -0.1) is 0 Å². The lowest BCUT2D eigenvalue weighted by Gasteiger charge is -2.35. The summed E-state index contributed by atoms with van der Waals surface area (Å²) in [6.07, 6.45) is 3.30. The highest BCUT2D eigenvalue weighted by atomic mass is 32.2. The van der Waals surface area contributed by atoms with Crippen molar-refractivity contribution >= 4 is 44.8 Å². The van der Waals surface area contributed by atoms with E-state index in [4.69, 9.17) is 18.4 Å². The van der Waals surface area contributed by atoms with Crippen LogP contribution in [0.4, 0.5) is 0 Å². The molecule has 1 aromatic heterocycles. The number of amides is 3. The first-order valence-corrected chi connectivity index (χ1v) is 19.7. The number of ether oxygens (including phenoxy) is 3. The number of benzene rings is 1. The van der Waals surface area contributed by atoms with Crippen LogP contribution in [0.25, 0.3) is 10.8 Å². The zero-order valence-electron chi connectivity index (χ0n) is 32.2. The van der Waals surface area contributed by atoms with E-state index in [1.165, 1.54) is 4.90 Å². The van der Waals surface area contributed by atoms with Crippen LogP contribution in [-0.2, 0) is 38.4 Å². The molecule has 1 aromatic carbocycles. The Morgan fingerprint density at radius 1 is 1.08 bits per heavy atom. The number of nitrogens with one attached hydrogen (secondary N) is 2. The van der Waals surface area contributed by atoms with Crippen molar-refractivity contribution in [3.63, 3.8) is 0 Å². The highest BCUT2D eigenvalue weighted by molar-refractivity contribution is 7.85. The number of carbonyl (C=O) groups is 4. The van der Waals surface area contributed by atoms with Gasteiger partial charge in [0, 0.05) is 18.0 Å². The Morgan fingerprint density at radius 3 is 2.38 bits per heavy atom. The second-order valence-corrected chi connectivity index (χ2v) is 18.2. The number of hydrogen-bond acceptors (Lipinski definition) is 11. The van der Waals surface area contributed by atoms with Crippen LogP contribution >= 0.6 is 0 Å². The summed E-state index contributed by atoms with van der Waals surface area (Å²) in [5.74, 6) is -2.75. The van der Waals surface area contributed by atoms with Crippen LogP contribution in [0.2, 0.25) is 0 Å². The summed E-state index contributed by atoms with van der Waals surface area (Å²) in [6.45, 7) is 14.3. The van der Waals surface area contributed by atoms with Crippen molar-refractivity contribution in [3.8, 4) is 11.6 Å². The molecule has 2 aromatic rings. The van der Waals surface area contributed by atoms with Crippen LogP contribution in [0.1, 0.15) is 100 Å². The van der Waals surface area contributed by atoms with E-state index in [0.717, 1.165) is 5.39 Å². The van der Waals surface area contributed by atoms with E-state index in [-0.39, 0.29) is 31.7 Å². The van der Waals surface area contributed by atoms with Crippen LogP contribution < -0.4 is 19.5 Å². The lowest BCUT2D eigenvalue weighted by Crippen LogP contribution is -2.57. The highest BCUT2D eigenvalue weighted by Crippen LogP contribution is 2.48. The first-order chi connectivity index (χ1) is 24.6. The second kappa shape index (κ2) is 14.7. The van der Waals surface area contributed by atoms with Crippen molar-refractivity contribution < 1.29 is 46.0 Å². The standard InChI is InChI=1S/C38H54N4O10S/c1-10-11-24-21-38(24,34(46)41-53(47,48)52-37(8)15-16-37)40-31(44)29-19-26(50-32-27-13-12-25(49-9)18-23(27)14-17-39-32)22-42(29)33(45)28(35(2,3)4)20-30(43)51-36(5,6)7/h12-14,17-18,24,26,28-29H,10-11,15-16,19-22H2,1-9H3,(H,40,44)(H,41,46)/t24-,26-,28-,29?,38-/m1/s1. The Kier molecular flexibility index (Phi) is 11.1. The number of hydrogen-bond donors (Lipinski definition) is 2. The molecule has 1 saturated heterocycles. The van der Waals surface area contributed by atoms with Crippen LogP contribution in [0, 0.1) is 17.3 Å². The van der Waals surface area contributed by atoms with E-state index in [2.05, 4.69) is 10.3 Å². The van der Waals surface area contributed by atoms with Gasteiger partial charge < -0.3 is 24.4 Å². The first-order valence-electron chi connectivity index (χ1n) is 18.3. The van der Waals surface area contributed by atoms with Gasteiger partial charge in [-0.05, 0) is 94.4 Å². The summed E-state index contributed by atoms with van der Waals surface area (Å²) in [5.41, 5.74) is -3.85. The Morgan fingerprint density at radius 2 is 1.77 bits per heavy atom. The second-order valence-electron chi connectivity index (χ2n) is 17.0. The van der Waals surface area contributed by atoms with E-state index < -0.39 is 74.2 Å². The average molecular weight is 759 g/mol. The molecule has 1 unspecified atom stereocenters. The molecule has 3 aliphatic rings. The molecule has 3 amide bonds. The Bertz CT molecular complexity index is 1850. The summed E-state index contributed by atoms with van der Waals surface area (Å²) in [5, 5.41) is 4.39. The summed E-state index contributed by atoms with van der Waals surface area (Å²) < 4.78 is 50.3. The van der Waals surface area contributed by atoms with Gasteiger partial charge in [0.2, 0.25) is 17.7 Å². The fourth-order valence-corrected chi connectivity index (χ4v) is 8.11. The Labute approximate surface area is 312 Å². The normalized spacial score (nSPS) is 24.2. The van der Waals surface area contributed by atoms with Crippen molar-refractivity contribution in [2.45, 2.75) is 129 Å². The van der Waals surface area contributed by atoms with Gasteiger partial charge in [-0.25, -0.2) is 13.9 Å². The monoisotopic (exact) mass is 758 g/mol. The SMILES string of the molecule is CCC[C@@H]1C[C@]1(NC(=O)C1C[C@@H](Oc2nccc3cc(OC)ccc23)CN1C(=O)[C@@H](CC(=O)OC(C)(C)C)C(C)(C)C)C(=O)NS(=O)(=O)OC1(C)CC1. The van der Waals surface area contributed by atoms with Gasteiger partial charge in [0.25, 0.3) is 5.91 Å². The Hall–Kier alpha value is -3.98. The number of rotatable bonds is 14. The van der Waals surface area contributed by atoms with E-state index in [0.29, 0.717) is 42.7 Å². The van der Waals surface area contributed by atoms with Crippen molar-refractivity contribution in [1.29, 1.82) is 0 Å². The van der Waals surface area contributed by atoms with Gasteiger partial charge in [0.05, 0.1) is 31.6 Å². The molecule has 2 saturated carbocycles. The largest absolute Gasteiger partial charge is 0.497 e. The third-order valence-corrected chi connectivity index (χ3v) is 11.2. The fraction of sp³-hybridized carbons (Fsp3) is 0.658. The molecule has 1 aliphatic heterocycles. The summed E-state index contributed by atoms with van der Waals surface area (Å²) in [6, 6.07) is 6.15. The van der Waals surface area contributed by atoms with Crippen molar-refractivity contribution in [1.82, 2.24) is 19.9 Å². The number of methoxy groups -OCH3 is 1. The molecule has 53 heavy (non-hydrogen) atoms. The van der Waals surface area contributed by atoms with Crippen molar-refractivity contribution in [2.75, 3.05) is 13.7 Å². The van der Waals surface area contributed by atoms with Crippen LogP contribution in [0.3, 0.4) is 0 Å². The van der Waals surface area contributed by atoms with Crippen molar-refractivity contribution in [2.24, 2.45) is 17.3 Å². The lowest BCUT2D eigenvalue weighted by atomic mass is 9.77. The molecule has 15 heteroatoms. The molecule has 2 aliphatic carbocycles. The van der Waals surface area contributed by atoms with E-state index in [1.807, 2.05) is 50.6 Å². The van der Waals surface area contributed by atoms with Gasteiger partial charge in [-0.3, -0.25) is 19.2 Å². The van der Waals surface area contributed by atoms with Crippen LogP contribution in [0.5, 0.6) is 11.6 Å². The molecular formula is C38H54N4O10S. The molecule has 2 N–H and O–H groups in total. The number of nitrogens with zero attached hydrogens (tertiary/aromatic N) is 2. The fourth-order valence-electron chi connectivity index (χ4n) is 6.96. The summed E-state index contributed by atoms with van der Waals surface area (Å²) in [4.78, 5) is 61.6. The van der Waals surface area contributed by atoms with E-state index >= 15 is 0 Å². The molecule has 5 rings (SSSR count).